The van der Waals surface area contributed by atoms with E-state index in [2.05, 4.69) is 43.5 Å². The van der Waals surface area contributed by atoms with Crippen LogP contribution in [0.1, 0.15) is 296 Å². The van der Waals surface area contributed by atoms with Crippen LogP contribution in [-0.4, -0.2) is 47.4 Å². The van der Waals surface area contributed by atoms with Gasteiger partial charge in [0.2, 0.25) is 5.91 Å². The molecule has 0 aromatic heterocycles. The van der Waals surface area contributed by atoms with E-state index in [9.17, 15) is 19.8 Å². The summed E-state index contributed by atoms with van der Waals surface area (Å²) in [6.45, 7) is 4.87. The molecule has 376 valence electrons. The van der Waals surface area contributed by atoms with Crippen molar-refractivity contribution in [1.29, 1.82) is 0 Å². The lowest BCUT2D eigenvalue weighted by Gasteiger charge is -2.20. The summed E-state index contributed by atoms with van der Waals surface area (Å²) in [4.78, 5) is 24.4. The van der Waals surface area contributed by atoms with Crippen molar-refractivity contribution in [2.75, 3.05) is 13.2 Å². The molecule has 1 amide bonds. The van der Waals surface area contributed by atoms with Crippen LogP contribution in [0.25, 0.3) is 0 Å². The van der Waals surface area contributed by atoms with E-state index in [0.717, 1.165) is 51.4 Å². The van der Waals surface area contributed by atoms with Gasteiger partial charge in [0.05, 0.1) is 25.4 Å². The Balaban J connectivity index is 3.45. The largest absolute Gasteiger partial charge is 0.466 e. The summed E-state index contributed by atoms with van der Waals surface area (Å²) >= 11 is 0. The Morgan fingerprint density at radius 3 is 1.12 bits per heavy atom. The van der Waals surface area contributed by atoms with Crippen LogP contribution in [0.3, 0.4) is 0 Å². The van der Waals surface area contributed by atoms with Crippen molar-refractivity contribution in [2.45, 2.75) is 309 Å². The first-order chi connectivity index (χ1) is 31.5. The van der Waals surface area contributed by atoms with E-state index in [0.29, 0.717) is 19.4 Å². The summed E-state index contributed by atoms with van der Waals surface area (Å²) in [5.74, 6) is -0.0785. The standard InChI is InChI=1S/C58H109NO5/c1-3-5-7-9-11-13-15-26-30-34-38-42-46-50-56(61)55(54-60)59-57(62)51-47-43-39-35-31-28-24-22-20-18-17-19-21-23-25-29-33-37-41-45-49-53-64-58(63)52-48-44-40-36-32-27-16-14-12-10-8-6-4-2/h14,16,18,20,46,50,55-56,60-61H,3-13,15,17,19,21-45,47-49,51-54H2,1-2H3,(H,59,62)/b16-14-,20-18-,50-46+. The third kappa shape index (κ3) is 49.5. The van der Waals surface area contributed by atoms with E-state index in [1.807, 2.05) is 6.08 Å². The number of ether oxygens (including phenoxy) is 1. The van der Waals surface area contributed by atoms with Crippen LogP contribution < -0.4 is 5.32 Å². The predicted molar refractivity (Wildman–Crippen MR) is 278 cm³/mol. The van der Waals surface area contributed by atoms with Gasteiger partial charge in [-0.3, -0.25) is 9.59 Å². The van der Waals surface area contributed by atoms with Crippen LogP contribution in [0, 0.1) is 0 Å². The van der Waals surface area contributed by atoms with Gasteiger partial charge in [0.25, 0.3) is 0 Å². The van der Waals surface area contributed by atoms with E-state index in [-0.39, 0.29) is 18.5 Å². The van der Waals surface area contributed by atoms with Gasteiger partial charge in [-0.2, -0.15) is 0 Å². The van der Waals surface area contributed by atoms with Crippen LogP contribution in [0.4, 0.5) is 0 Å². The summed E-state index contributed by atoms with van der Waals surface area (Å²) in [7, 11) is 0. The van der Waals surface area contributed by atoms with Crippen molar-refractivity contribution >= 4 is 11.9 Å². The smallest absolute Gasteiger partial charge is 0.305 e. The quantitative estimate of drug-likeness (QED) is 0.0321. The average Bonchev–Trinajstić information content (AvgIpc) is 3.29. The van der Waals surface area contributed by atoms with Gasteiger partial charge in [-0.1, -0.05) is 237 Å². The van der Waals surface area contributed by atoms with Crippen molar-refractivity contribution < 1.29 is 24.5 Å². The second-order valence-electron chi connectivity index (χ2n) is 19.3. The molecule has 6 nitrogen and oxygen atoms in total. The first-order valence-electron chi connectivity index (χ1n) is 28.3. The molecule has 0 spiro atoms. The number of carbonyl (C=O) groups is 2. The number of unbranched alkanes of at least 4 members (excludes halogenated alkanes) is 37. The van der Waals surface area contributed by atoms with Gasteiger partial charge in [-0.05, 0) is 83.5 Å². The van der Waals surface area contributed by atoms with Crippen LogP contribution in [-0.2, 0) is 14.3 Å². The Morgan fingerprint density at radius 2 is 0.734 bits per heavy atom. The van der Waals surface area contributed by atoms with E-state index in [1.54, 1.807) is 6.08 Å². The van der Waals surface area contributed by atoms with Gasteiger partial charge >= 0.3 is 5.97 Å². The predicted octanol–water partition coefficient (Wildman–Crippen LogP) is 17.2. The first-order valence-corrected chi connectivity index (χ1v) is 28.3. The van der Waals surface area contributed by atoms with E-state index in [1.165, 1.54) is 218 Å². The number of nitrogens with one attached hydrogen (secondary N) is 1. The summed E-state index contributed by atoms with van der Waals surface area (Å²) in [6.07, 6.45) is 65.9. The highest BCUT2D eigenvalue weighted by molar-refractivity contribution is 5.76. The number of rotatable bonds is 52. The monoisotopic (exact) mass is 900 g/mol. The highest BCUT2D eigenvalue weighted by Crippen LogP contribution is 2.16. The minimum absolute atomic E-state index is 0.00212. The summed E-state index contributed by atoms with van der Waals surface area (Å²) in [5, 5.41) is 23.0. The average molecular weight is 901 g/mol. The maximum Gasteiger partial charge on any atom is 0.305 e. The minimum atomic E-state index is -0.848. The topological polar surface area (TPSA) is 95.9 Å². The lowest BCUT2D eigenvalue weighted by Crippen LogP contribution is -2.45. The fraction of sp³-hybridized carbons (Fsp3) is 0.862. The van der Waals surface area contributed by atoms with Crippen molar-refractivity contribution in [3.05, 3.63) is 36.5 Å². The molecule has 0 radical (unpaired) electrons. The zero-order valence-corrected chi connectivity index (χ0v) is 42.8. The number of allylic oxidation sites excluding steroid dienone is 5. The maximum atomic E-state index is 12.4. The van der Waals surface area contributed by atoms with Gasteiger partial charge in [-0.15, -0.1) is 0 Å². The van der Waals surface area contributed by atoms with Crippen LogP contribution >= 0.6 is 0 Å². The van der Waals surface area contributed by atoms with Crippen LogP contribution in [0.2, 0.25) is 0 Å². The molecule has 0 aromatic rings. The van der Waals surface area contributed by atoms with Crippen molar-refractivity contribution in [2.24, 2.45) is 0 Å². The molecule has 0 fully saturated rings. The molecule has 0 aliphatic rings. The van der Waals surface area contributed by atoms with Crippen molar-refractivity contribution in [3.8, 4) is 0 Å². The Morgan fingerprint density at radius 1 is 0.422 bits per heavy atom. The number of hydrogen-bond donors (Lipinski definition) is 3. The molecule has 0 aliphatic heterocycles. The van der Waals surface area contributed by atoms with Gasteiger partial charge in [0, 0.05) is 12.8 Å². The Labute approximate surface area is 398 Å². The SMILES string of the molecule is CCCCCC/C=C\CCCCCCCC(=O)OCCCCCCCCCCCC/C=C\CCCCCCCCCC(=O)NC(CO)C(O)/C=C/CCCCCCCCCCCCC. The number of esters is 1. The number of aliphatic hydroxyl groups excluding tert-OH is 2. The molecule has 0 aliphatic carbocycles. The van der Waals surface area contributed by atoms with Crippen LogP contribution in [0.15, 0.2) is 36.5 Å². The van der Waals surface area contributed by atoms with E-state index < -0.39 is 12.1 Å². The molecular formula is C58H109NO5. The summed E-state index contributed by atoms with van der Waals surface area (Å²) in [5.41, 5.74) is 0. The highest BCUT2D eigenvalue weighted by Gasteiger charge is 2.18. The number of hydrogen-bond acceptors (Lipinski definition) is 5. The molecule has 0 heterocycles. The molecule has 0 saturated carbocycles. The molecule has 0 saturated heterocycles. The molecule has 2 unspecified atom stereocenters. The molecule has 2 atom stereocenters. The molecule has 0 rings (SSSR count). The molecule has 6 heteroatoms. The zero-order chi connectivity index (χ0) is 46.5. The lowest BCUT2D eigenvalue weighted by molar-refractivity contribution is -0.143. The van der Waals surface area contributed by atoms with Crippen LogP contribution in [0.5, 0.6) is 0 Å². The summed E-state index contributed by atoms with van der Waals surface area (Å²) in [6, 6.07) is -0.633. The Kier molecular flexibility index (Phi) is 52.1. The number of aliphatic hydroxyl groups is 2. The van der Waals surface area contributed by atoms with E-state index in [4.69, 9.17) is 4.74 Å². The van der Waals surface area contributed by atoms with Gasteiger partial charge < -0.3 is 20.3 Å². The van der Waals surface area contributed by atoms with Gasteiger partial charge in [0.15, 0.2) is 0 Å². The number of amides is 1. The second kappa shape index (κ2) is 53.7. The minimum Gasteiger partial charge on any atom is -0.466 e. The fourth-order valence-corrected chi connectivity index (χ4v) is 8.50. The first kappa shape index (κ1) is 62.1. The van der Waals surface area contributed by atoms with Gasteiger partial charge in [-0.25, -0.2) is 0 Å². The highest BCUT2D eigenvalue weighted by atomic mass is 16.5. The molecule has 0 bridgehead atoms. The molecule has 3 N–H and O–H groups in total. The Hall–Kier alpha value is -1.92. The number of carbonyl (C=O) groups excluding carboxylic acids is 2. The third-order valence-corrected chi connectivity index (χ3v) is 12.9. The normalized spacial score (nSPS) is 12.9. The molecule has 0 aromatic carbocycles. The van der Waals surface area contributed by atoms with Crippen molar-refractivity contribution in [3.63, 3.8) is 0 Å². The van der Waals surface area contributed by atoms with E-state index >= 15 is 0 Å². The molecule has 64 heavy (non-hydrogen) atoms. The lowest BCUT2D eigenvalue weighted by atomic mass is 10.0. The maximum absolute atomic E-state index is 12.4. The third-order valence-electron chi connectivity index (χ3n) is 12.9. The summed E-state index contributed by atoms with van der Waals surface area (Å²) < 4.78 is 5.46. The zero-order valence-electron chi connectivity index (χ0n) is 42.8. The Bertz CT molecular complexity index is 1040. The fourth-order valence-electron chi connectivity index (χ4n) is 8.50. The second-order valence-corrected chi connectivity index (χ2v) is 19.3. The van der Waals surface area contributed by atoms with Gasteiger partial charge in [0.1, 0.15) is 0 Å². The van der Waals surface area contributed by atoms with Crippen molar-refractivity contribution in [1.82, 2.24) is 5.32 Å². The molecular weight excluding hydrogens is 791 g/mol.